The number of aliphatic carboxylic acids is 1. The summed E-state index contributed by atoms with van der Waals surface area (Å²) >= 11 is 0. The predicted octanol–water partition coefficient (Wildman–Crippen LogP) is 0.277. The Morgan fingerprint density at radius 1 is 1.26 bits per heavy atom. The van der Waals surface area contributed by atoms with E-state index in [0.717, 1.165) is 24.6 Å². The van der Waals surface area contributed by atoms with Crippen LogP contribution in [0.3, 0.4) is 0 Å². The number of hydrogen-bond acceptors (Lipinski definition) is 7. The molecule has 2 amide bonds. The van der Waals surface area contributed by atoms with Crippen molar-refractivity contribution in [3.63, 3.8) is 0 Å². The molecule has 1 heterocycles. The third-order valence-corrected chi connectivity index (χ3v) is 6.49. The number of nitrogens with zero attached hydrogens (tertiary/aromatic N) is 1. The fourth-order valence-electron chi connectivity index (χ4n) is 3.01. The maximum atomic E-state index is 12.4. The Morgan fingerprint density at radius 3 is 2.53 bits per heavy atom. The number of carboxylic acids is 1. The summed E-state index contributed by atoms with van der Waals surface area (Å²) in [5, 5.41) is 17.5. The molecule has 1 aromatic carbocycles. The lowest BCUT2D eigenvalue weighted by molar-refractivity contribution is -0.138. The van der Waals surface area contributed by atoms with Crippen molar-refractivity contribution < 1.29 is 27.9 Å². The largest absolute Gasteiger partial charge is 0.480 e. The van der Waals surface area contributed by atoms with Gasteiger partial charge >= 0.3 is 5.97 Å². The Balaban J connectivity index is 1.88. The van der Waals surface area contributed by atoms with Crippen LogP contribution < -0.4 is 20.7 Å². The average molecular weight is 492 g/mol. The van der Waals surface area contributed by atoms with Gasteiger partial charge in [-0.05, 0) is 43.5 Å². The zero-order valence-electron chi connectivity index (χ0n) is 18.8. The highest BCUT2D eigenvalue weighted by Gasteiger charge is 2.26. The average Bonchev–Trinajstić information content (AvgIpc) is 2.81. The molecule has 184 valence electrons. The second kappa shape index (κ2) is 12.7. The quantitative estimate of drug-likeness (QED) is 0.277. The minimum atomic E-state index is -4.09. The number of carbonyl (C=O) groups is 3. The third kappa shape index (κ3) is 8.12. The molecule has 0 radical (unpaired) electrons. The van der Waals surface area contributed by atoms with Gasteiger partial charge in [-0.2, -0.15) is 4.72 Å². The van der Waals surface area contributed by atoms with Gasteiger partial charge in [0.05, 0.1) is 4.91 Å². The van der Waals surface area contributed by atoms with Crippen LogP contribution in [0.15, 0.2) is 52.9 Å². The van der Waals surface area contributed by atoms with Crippen LogP contribution in [-0.4, -0.2) is 62.9 Å². The summed E-state index contributed by atoms with van der Waals surface area (Å²) in [5.41, 5.74) is 1.10. The number of sulfonamides is 1. The third-order valence-electron chi connectivity index (χ3n) is 4.87. The predicted molar refractivity (Wildman–Crippen MR) is 128 cm³/mol. The van der Waals surface area contributed by atoms with E-state index in [1.54, 1.807) is 24.3 Å². The van der Waals surface area contributed by atoms with E-state index in [2.05, 4.69) is 27.5 Å². The number of aryl methyl sites for hydroxylation is 1. The van der Waals surface area contributed by atoms with Gasteiger partial charge in [0.15, 0.2) is 5.96 Å². The Morgan fingerprint density at radius 2 is 1.97 bits per heavy atom. The van der Waals surface area contributed by atoms with Crippen LogP contribution in [-0.2, 0) is 26.0 Å². The Labute approximate surface area is 198 Å². The Bertz CT molecular complexity index is 1080. The molecule has 0 saturated carbocycles. The van der Waals surface area contributed by atoms with Gasteiger partial charge in [0.2, 0.25) is 15.9 Å². The molecule has 0 saturated heterocycles. The summed E-state index contributed by atoms with van der Waals surface area (Å²) in [6.45, 7) is 5.86. The lowest BCUT2D eigenvalue weighted by Gasteiger charge is -2.16. The maximum Gasteiger partial charge on any atom is 0.323 e. The SMILES string of the molecule is C=C/C(=C\C)S(=O)(=O)NC(CNC(=O)c1ccc(CCC(=O)NC2=NCCCN2)cc1)C(=O)O. The number of nitrogens with one attached hydrogen (secondary N) is 4. The summed E-state index contributed by atoms with van der Waals surface area (Å²) in [5.74, 6) is -1.69. The molecule has 0 bridgehead atoms. The number of carbonyl (C=O) groups excluding carboxylic acids is 2. The van der Waals surface area contributed by atoms with Crippen LogP contribution in [0.25, 0.3) is 0 Å². The Kier molecular flexibility index (Phi) is 9.95. The van der Waals surface area contributed by atoms with Crippen LogP contribution in [0.2, 0.25) is 0 Å². The fraction of sp³-hybridized carbons (Fsp3) is 0.364. The normalized spacial score (nSPS) is 14.9. The van der Waals surface area contributed by atoms with E-state index in [1.807, 2.05) is 4.72 Å². The van der Waals surface area contributed by atoms with E-state index in [9.17, 15) is 27.9 Å². The summed E-state index contributed by atoms with van der Waals surface area (Å²) < 4.78 is 26.5. The lowest BCUT2D eigenvalue weighted by atomic mass is 10.1. The number of rotatable bonds is 11. The van der Waals surface area contributed by atoms with Crippen molar-refractivity contribution in [3.8, 4) is 0 Å². The molecule has 1 aromatic rings. The van der Waals surface area contributed by atoms with Crippen molar-refractivity contribution in [2.45, 2.75) is 32.2 Å². The second-order valence-electron chi connectivity index (χ2n) is 7.37. The number of guanidine groups is 1. The highest BCUT2D eigenvalue weighted by molar-refractivity contribution is 7.93. The van der Waals surface area contributed by atoms with Crippen molar-refractivity contribution in [1.29, 1.82) is 0 Å². The minimum absolute atomic E-state index is 0.169. The van der Waals surface area contributed by atoms with E-state index in [1.165, 1.54) is 13.0 Å². The van der Waals surface area contributed by atoms with Crippen molar-refractivity contribution in [1.82, 2.24) is 20.7 Å². The van der Waals surface area contributed by atoms with Gasteiger partial charge in [-0.3, -0.25) is 24.7 Å². The standard InChI is InChI=1S/C22H29N5O6S/c1-3-17(4-2)34(32,33)27-18(21(30)31)14-25-20(29)16-9-6-15(7-10-16)8-11-19(28)26-22-23-12-5-13-24-22/h3-4,6-7,9-10,18,27H,1,5,8,11-14H2,2H3,(H,25,29)(H,30,31)(H2,23,24,26,28)/b17-4+. The molecular weight excluding hydrogens is 462 g/mol. The van der Waals surface area contributed by atoms with Crippen LogP contribution in [0.4, 0.5) is 0 Å². The van der Waals surface area contributed by atoms with E-state index in [4.69, 9.17) is 0 Å². The first kappa shape index (κ1) is 26.7. The van der Waals surface area contributed by atoms with Crippen molar-refractivity contribution in [2.75, 3.05) is 19.6 Å². The molecule has 34 heavy (non-hydrogen) atoms. The van der Waals surface area contributed by atoms with Crippen LogP contribution >= 0.6 is 0 Å². The van der Waals surface area contributed by atoms with Crippen molar-refractivity contribution in [2.24, 2.45) is 4.99 Å². The number of aliphatic imine (C=N–C) groups is 1. The molecule has 0 aromatic heterocycles. The number of carboxylic acid groups (broad SMARTS) is 1. The molecule has 0 fully saturated rings. The maximum absolute atomic E-state index is 12.4. The fourth-order valence-corrected chi connectivity index (χ4v) is 4.23. The van der Waals surface area contributed by atoms with Gasteiger partial charge < -0.3 is 15.7 Å². The molecule has 11 nitrogen and oxygen atoms in total. The van der Waals surface area contributed by atoms with Gasteiger partial charge in [-0.15, -0.1) is 0 Å². The molecule has 1 unspecified atom stereocenters. The molecule has 0 aliphatic carbocycles. The number of benzene rings is 1. The topological polar surface area (TPSA) is 166 Å². The monoisotopic (exact) mass is 491 g/mol. The highest BCUT2D eigenvalue weighted by Crippen LogP contribution is 2.08. The van der Waals surface area contributed by atoms with E-state index < -0.39 is 34.5 Å². The highest BCUT2D eigenvalue weighted by atomic mass is 32.2. The molecule has 12 heteroatoms. The molecule has 5 N–H and O–H groups in total. The van der Waals surface area contributed by atoms with Gasteiger partial charge in [-0.1, -0.05) is 24.8 Å². The first-order valence-corrected chi connectivity index (χ1v) is 12.1. The number of allylic oxidation sites excluding steroid dienone is 2. The van der Waals surface area contributed by atoms with Gasteiger partial charge in [0.1, 0.15) is 6.04 Å². The second-order valence-corrected chi connectivity index (χ2v) is 9.09. The van der Waals surface area contributed by atoms with Crippen molar-refractivity contribution in [3.05, 3.63) is 59.0 Å². The van der Waals surface area contributed by atoms with E-state index in [0.29, 0.717) is 18.9 Å². The molecule has 1 atom stereocenters. The van der Waals surface area contributed by atoms with E-state index in [-0.39, 0.29) is 22.8 Å². The number of hydrogen-bond donors (Lipinski definition) is 5. The molecule has 0 spiro atoms. The first-order valence-electron chi connectivity index (χ1n) is 10.7. The van der Waals surface area contributed by atoms with Crippen LogP contribution in [0, 0.1) is 0 Å². The summed E-state index contributed by atoms with van der Waals surface area (Å²) in [4.78, 5) is 39.9. The summed E-state index contributed by atoms with van der Waals surface area (Å²) in [7, 11) is -4.09. The molecule has 1 aliphatic heterocycles. The van der Waals surface area contributed by atoms with Crippen molar-refractivity contribution >= 4 is 33.8 Å². The zero-order valence-corrected chi connectivity index (χ0v) is 19.7. The first-order chi connectivity index (χ1) is 16.2. The Hall–Kier alpha value is -3.51. The van der Waals surface area contributed by atoms with Crippen LogP contribution in [0.5, 0.6) is 0 Å². The molecule has 2 rings (SSSR count). The lowest BCUT2D eigenvalue weighted by Crippen LogP contribution is -2.48. The zero-order chi connectivity index (χ0) is 25.1. The van der Waals surface area contributed by atoms with E-state index >= 15 is 0 Å². The van der Waals surface area contributed by atoms with Crippen LogP contribution in [0.1, 0.15) is 35.7 Å². The van der Waals surface area contributed by atoms with Gasteiger partial charge in [0.25, 0.3) is 5.91 Å². The van der Waals surface area contributed by atoms with Gasteiger partial charge in [-0.25, -0.2) is 8.42 Å². The smallest absolute Gasteiger partial charge is 0.323 e. The minimum Gasteiger partial charge on any atom is -0.480 e. The molecule has 1 aliphatic rings. The summed E-state index contributed by atoms with van der Waals surface area (Å²) in [6.07, 6.45) is 4.00. The summed E-state index contributed by atoms with van der Waals surface area (Å²) in [6, 6.07) is 4.91. The van der Waals surface area contributed by atoms with Gasteiger partial charge in [0, 0.05) is 31.6 Å². The molecular formula is C22H29N5O6S. The number of amides is 2.